The van der Waals surface area contributed by atoms with Crippen LogP contribution in [0.15, 0.2) is 24.4 Å². The molecule has 1 N–H and O–H groups in total. The summed E-state index contributed by atoms with van der Waals surface area (Å²) in [5, 5.41) is 7.00. The third-order valence-electron chi connectivity index (χ3n) is 0.517. The molecular weight excluding hydrogens is 167 g/mol. The van der Waals surface area contributed by atoms with Gasteiger partial charge in [0.2, 0.25) is 0 Å². The van der Waals surface area contributed by atoms with Crippen molar-refractivity contribution in [1.82, 2.24) is 4.98 Å². The second kappa shape index (κ2) is 10.7. The molecular formula is C6H8NOZn-. The minimum Gasteiger partial charge on any atom is -0.400 e. The van der Waals surface area contributed by atoms with E-state index < -0.39 is 0 Å². The first-order valence-corrected chi connectivity index (χ1v) is 2.22. The van der Waals surface area contributed by atoms with Crippen molar-refractivity contribution in [2.75, 3.05) is 7.11 Å². The van der Waals surface area contributed by atoms with Crippen molar-refractivity contribution < 1.29 is 24.6 Å². The van der Waals surface area contributed by atoms with Crippen LogP contribution in [0.1, 0.15) is 0 Å². The Morgan fingerprint density at radius 1 is 1.33 bits per heavy atom. The summed E-state index contributed by atoms with van der Waals surface area (Å²) in [5.41, 5.74) is 0. The maximum absolute atomic E-state index is 7.00. The number of rotatable bonds is 0. The van der Waals surface area contributed by atoms with Gasteiger partial charge in [0.05, 0.1) is 0 Å². The average molecular weight is 176 g/mol. The number of pyridine rings is 1. The third-order valence-corrected chi connectivity index (χ3v) is 0.517. The molecule has 1 aromatic heterocycles. The van der Waals surface area contributed by atoms with E-state index in [4.69, 9.17) is 5.11 Å². The van der Waals surface area contributed by atoms with Gasteiger partial charge >= 0.3 is 0 Å². The van der Waals surface area contributed by atoms with Crippen molar-refractivity contribution in [3.05, 3.63) is 30.6 Å². The van der Waals surface area contributed by atoms with Crippen LogP contribution < -0.4 is 0 Å². The van der Waals surface area contributed by atoms with Crippen molar-refractivity contribution in [3.8, 4) is 0 Å². The van der Waals surface area contributed by atoms with Gasteiger partial charge in [-0.1, -0.05) is 12.4 Å². The van der Waals surface area contributed by atoms with E-state index in [1.807, 2.05) is 12.1 Å². The van der Waals surface area contributed by atoms with Gasteiger partial charge in [-0.15, -0.1) is 0 Å². The van der Waals surface area contributed by atoms with Crippen LogP contribution in [0.4, 0.5) is 0 Å². The second-order valence-electron chi connectivity index (χ2n) is 0.959. The SMILES string of the molecule is CO.[Zn].[c-]1ccccn1. The van der Waals surface area contributed by atoms with Crippen molar-refractivity contribution in [3.63, 3.8) is 0 Å². The van der Waals surface area contributed by atoms with E-state index in [-0.39, 0.29) is 19.5 Å². The van der Waals surface area contributed by atoms with Crippen molar-refractivity contribution in [2.24, 2.45) is 0 Å². The summed E-state index contributed by atoms with van der Waals surface area (Å²) in [6.07, 6.45) is 4.34. The fraction of sp³-hybridized carbons (Fsp3) is 0.167. The summed E-state index contributed by atoms with van der Waals surface area (Å²) in [7, 11) is 1.00. The maximum Gasteiger partial charge on any atom is 0.0319 e. The molecule has 0 radical (unpaired) electrons. The summed E-state index contributed by atoms with van der Waals surface area (Å²) >= 11 is 0. The molecule has 1 aromatic rings. The Morgan fingerprint density at radius 2 is 2.00 bits per heavy atom. The van der Waals surface area contributed by atoms with Crippen LogP contribution in [0.5, 0.6) is 0 Å². The van der Waals surface area contributed by atoms with Crippen LogP contribution in [-0.4, -0.2) is 17.2 Å². The molecule has 0 unspecified atom stereocenters. The summed E-state index contributed by atoms with van der Waals surface area (Å²) in [6.45, 7) is 0. The molecule has 1 rings (SSSR count). The van der Waals surface area contributed by atoms with E-state index in [1.165, 1.54) is 0 Å². The van der Waals surface area contributed by atoms with Crippen LogP contribution in [-0.2, 0) is 19.5 Å². The molecule has 0 amide bonds. The van der Waals surface area contributed by atoms with Gasteiger partial charge in [-0.25, -0.2) is 0 Å². The van der Waals surface area contributed by atoms with Crippen LogP contribution in [0.2, 0.25) is 0 Å². The molecule has 0 atom stereocenters. The largest absolute Gasteiger partial charge is 0.400 e. The average Bonchev–Trinajstić information content (AvgIpc) is 1.96. The van der Waals surface area contributed by atoms with Gasteiger partial charge in [-0.3, -0.25) is 0 Å². The number of nitrogens with zero attached hydrogens (tertiary/aromatic N) is 1. The molecule has 0 saturated carbocycles. The van der Waals surface area contributed by atoms with Crippen LogP contribution in [0.25, 0.3) is 0 Å². The third kappa shape index (κ3) is 7.73. The van der Waals surface area contributed by atoms with E-state index >= 15 is 0 Å². The maximum atomic E-state index is 7.00. The number of aliphatic hydroxyl groups excluding tert-OH is 1. The van der Waals surface area contributed by atoms with E-state index in [0.717, 1.165) is 7.11 Å². The summed E-state index contributed by atoms with van der Waals surface area (Å²) in [6, 6.07) is 5.50. The van der Waals surface area contributed by atoms with Gasteiger partial charge in [0.25, 0.3) is 0 Å². The summed E-state index contributed by atoms with van der Waals surface area (Å²) < 4.78 is 0. The normalized spacial score (nSPS) is 6.00. The Bertz CT molecular complexity index is 85.0. The molecule has 0 aliphatic heterocycles. The fourth-order valence-corrected chi connectivity index (χ4v) is 0.277. The Morgan fingerprint density at radius 3 is 2.11 bits per heavy atom. The van der Waals surface area contributed by atoms with Crippen molar-refractivity contribution in [1.29, 1.82) is 0 Å². The Labute approximate surface area is 67.7 Å². The van der Waals surface area contributed by atoms with Gasteiger partial charge in [-0.2, -0.15) is 18.2 Å². The van der Waals surface area contributed by atoms with Gasteiger partial charge < -0.3 is 10.1 Å². The Kier molecular flexibility index (Phi) is 13.7. The molecule has 0 spiro atoms. The summed E-state index contributed by atoms with van der Waals surface area (Å²) in [5.74, 6) is 0. The van der Waals surface area contributed by atoms with Crippen molar-refractivity contribution >= 4 is 0 Å². The summed E-state index contributed by atoms with van der Waals surface area (Å²) in [4.78, 5) is 3.66. The molecule has 0 fully saturated rings. The first kappa shape index (κ1) is 11.5. The Hall–Kier alpha value is -0.267. The predicted molar refractivity (Wildman–Crippen MR) is 31.2 cm³/mol. The van der Waals surface area contributed by atoms with Gasteiger partial charge in [0.1, 0.15) is 0 Å². The number of aliphatic hydroxyl groups is 1. The topological polar surface area (TPSA) is 33.1 Å². The smallest absolute Gasteiger partial charge is 0.0319 e. The fourth-order valence-electron chi connectivity index (χ4n) is 0.277. The van der Waals surface area contributed by atoms with E-state index in [9.17, 15) is 0 Å². The zero-order valence-corrected chi connectivity index (χ0v) is 8.38. The molecule has 0 saturated heterocycles. The van der Waals surface area contributed by atoms with Gasteiger partial charge in [0.15, 0.2) is 0 Å². The molecule has 0 aliphatic rings. The molecule has 2 nitrogen and oxygen atoms in total. The first-order chi connectivity index (χ1) is 4.00. The molecule has 9 heavy (non-hydrogen) atoms. The second-order valence-corrected chi connectivity index (χ2v) is 0.959. The zero-order valence-electron chi connectivity index (χ0n) is 5.41. The molecule has 0 aliphatic carbocycles. The zero-order chi connectivity index (χ0) is 6.24. The van der Waals surface area contributed by atoms with Gasteiger partial charge in [-0.05, 0) is 0 Å². The molecule has 0 bridgehead atoms. The Balaban J connectivity index is 0. The quantitative estimate of drug-likeness (QED) is 0.460. The van der Waals surface area contributed by atoms with Crippen LogP contribution >= 0.6 is 0 Å². The van der Waals surface area contributed by atoms with E-state index in [2.05, 4.69) is 11.2 Å². The van der Waals surface area contributed by atoms with Crippen molar-refractivity contribution in [2.45, 2.75) is 0 Å². The van der Waals surface area contributed by atoms with E-state index in [0.29, 0.717) is 0 Å². The number of aromatic nitrogens is 1. The van der Waals surface area contributed by atoms with Gasteiger partial charge in [0, 0.05) is 26.6 Å². The molecule has 46 valence electrons. The standard InChI is InChI=1S/C5H4N.CH4O.Zn/c1-2-4-6-5-3-1;1-2;/h1-4H;2H,1H3;/q-1;;. The first-order valence-electron chi connectivity index (χ1n) is 2.22. The van der Waals surface area contributed by atoms with Crippen LogP contribution in [0, 0.1) is 6.20 Å². The van der Waals surface area contributed by atoms with E-state index in [1.54, 1.807) is 12.3 Å². The van der Waals surface area contributed by atoms with Crippen LogP contribution in [0.3, 0.4) is 0 Å². The minimum absolute atomic E-state index is 0. The molecule has 0 aromatic carbocycles. The number of hydrogen-bond acceptors (Lipinski definition) is 2. The monoisotopic (exact) mass is 174 g/mol. The predicted octanol–water partition coefficient (Wildman–Crippen LogP) is 0.488. The molecule has 1 heterocycles. The molecule has 3 heteroatoms. The minimum atomic E-state index is 0. The number of hydrogen-bond donors (Lipinski definition) is 1.